The molecule has 2 aliphatic rings. The molecule has 0 radical (unpaired) electrons. The molecule has 0 bridgehead atoms. The summed E-state index contributed by atoms with van der Waals surface area (Å²) < 4.78 is 14.8. The number of anilines is 1. The van der Waals surface area contributed by atoms with Crippen molar-refractivity contribution in [3.63, 3.8) is 0 Å². The number of amides is 1. The van der Waals surface area contributed by atoms with Gasteiger partial charge in [0.25, 0.3) is 0 Å². The van der Waals surface area contributed by atoms with Crippen LogP contribution in [0.15, 0.2) is 30.3 Å². The molecule has 24 heavy (non-hydrogen) atoms. The van der Waals surface area contributed by atoms with Crippen molar-refractivity contribution in [1.82, 2.24) is 15.1 Å². The van der Waals surface area contributed by atoms with Crippen LogP contribution in [0.25, 0.3) is 5.69 Å². The van der Waals surface area contributed by atoms with E-state index in [0.717, 1.165) is 43.7 Å². The second-order valence-corrected chi connectivity index (χ2v) is 6.92. The Labute approximate surface area is 140 Å². The molecule has 6 heteroatoms. The average molecular weight is 328 g/mol. The van der Waals surface area contributed by atoms with Crippen molar-refractivity contribution >= 4 is 11.7 Å². The van der Waals surface area contributed by atoms with Crippen LogP contribution in [0.3, 0.4) is 0 Å². The first kappa shape index (κ1) is 15.3. The first-order valence-electron chi connectivity index (χ1n) is 8.42. The molecule has 4 rings (SSSR count). The lowest BCUT2D eigenvalue weighted by atomic mass is 9.92. The smallest absolute Gasteiger partial charge is 0.229 e. The zero-order chi connectivity index (χ0) is 16.7. The number of nitrogens with one attached hydrogen (secondary N) is 2. The number of hydrogen-bond donors (Lipinski definition) is 2. The summed E-state index contributed by atoms with van der Waals surface area (Å²) in [6.45, 7) is 3.87. The molecule has 5 nitrogen and oxygen atoms in total. The largest absolute Gasteiger partial charge is 0.317 e. The molecule has 2 N–H and O–H groups in total. The van der Waals surface area contributed by atoms with Gasteiger partial charge in [0.05, 0.1) is 11.4 Å². The fourth-order valence-electron chi connectivity index (χ4n) is 3.78. The van der Waals surface area contributed by atoms with E-state index in [-0.39, 0.29) is 23.1 Å². The Kier molecular flexibility index (Phi) is 3.64. The number of benzene rings is 1. The predicted octanol–water partition coefficient (Wildman–Crippen LogP) is 2.65. The van der Waals surface area contributed by atoms with Gasteiger partial charge in [0.15, 0.2) is 0 Å². The van der Waals surface area contributed by atoms with Gasteiger partial charge in [-0.25, -0.2) is 9.07 Å². The lowest BCUT2D eigenvalue weighted by molar-refractivity contribution is -0.118. The summed E-state index contributed by atoms with van der Waals surface area (Å²) in [7, 11) is 0. The van der Waals surface area contributed by atoms with Crippen molar-refractivity contribution in [2.45, 2.75) is 26.2 Å². The van der Waals surface area contributed by atoms with Gasteiger partial charge >= 0.3 is 0 Å². The molecule has 1 aromatic heterocycles. The van der Waals surface area contributed by atoms with E-state index in [1.54, 1.807) is 16.8 Å². The third-order valence-electron chi connectivity index (χ3n) is 5.26. The minimum atomic E-state index is -0.293. The van der Waals surface area contributed by atoms with E-state index < -0.39 is 0 Å². The van der Waals surface area contributed by atoms with Gasteiger partial charge in [0.1, 0.15) is 11.6 Å². The van der Waals surface area contributed by atoms with Crippen LogP contribution in [0.5, 0.6) is 0 Å². The highest BCUT2D eigenvalue weighted by molar-refractivity contribution is 5.94. The maximum absolute atomic E-state index is 13.1. The Bertz CT molecular complexity index is 762. The monoisotopic (exact) mass is 328 g/mol. The third-order valence-corrected chi connectivity index (χ3v) is 5.26. The Hall–Kier alpha value is -2.21. The van der Waals surface area contributed by atoms with Crippen molar-refractivity contribution < 1.29 is 9.18 Å². The minimum Gasteiger partial charge on any atom is -0.317 e. The summed E-state index contributed by atoms with van der Waals surface area (Å²) in [4.78, 5) is 12.7. The van der Waals surface area contributed by atoms with Gasteiger partial charge in [-0.05, 0) is 69.0 Å². The van der Waals surface area contributed by atoms with Crippen LogP contribution < -0.4 is 10.6 Å². The topological polar surface area (TPSA) is 59.0 Å². The van der Waals surface area contributed by atoms with Gasteiger partial charge < -0.3 is 10.6 Å². The number of piperidine rings is 1. The van der Waals surface area contributed by atoms with Crippen LogP contribution in [-0.4, -0.2) is 28.8 Å². The maximum atomic E-state index is 13.1. The first-order chi connectivity index (χ1) is 11.6. The van der Waals surface area contributed by atoms with Gasteiger partial charge in [-0.3, -0.25) is 4.79 Å². The number of rotatable bonds is 3. The molecular formula is C18H21FN4O. The van der Waals surface area contributed by atoms with Crippen LogP contribution in [0.4, 0.5) is 10.2 Å². The molecule has 1 aromatic carbocycles. The van der Waals surface area contributed by atoms with E-state index in [1.165, 1.54) is 12.1 Å². The molecule has 1 amide bonds. The molecule has 1 saturated heterocycles. The molecule has 2 fully saturated rings. The highest BCUT2D eigenvalue weighted by atomic mass is 19.1. The van der Waals surface area contributed by atoms with E-state index in [0.29, 0.717) is 5.82 Å². The van der Waals surface area contributed by atoms with Gasteiger partial charge in [-0.2, -0.15) is 5.10 Å². The summed E-state index contributed by atoms with van der Waals surface area (Å²) >= 11 is 0. The number of hydrogen-bond acceptors (Lipinski definition) is 3. The SMILES string of the molecule is Cc1cc(NC(=O)C2CC23CCNCC3)n(-c2ccc(F)cc2)n1. The molecule has 1 atom stereocenters. The number of nitrogens with zero attached hydrogens (tertiary/aromatic N) is 2. The summed E-state index contributed by atoms with van der Waals surface area (Å²) in [5.74, 6) is 0.510. The number of aromatic nitrogens is 2. The van der Waals surface area contributed by atoms with E-state index in [4.69, 9.17) is 0 Å². The number of aryl methyl sites for hydroxylation is 1. The quantitative estimate of drug-likeness (QED) is 0.911. The molecule has 2 aromatic rings. The molecule has 126 valence electrons. The maximum Gasteiger partial charge on any atom is 0.229 e. The van der Waals surface area contributed by atoms with Crippen LogP contribution in [0.1, 0.15) is 25.0 Å². The van der Waals surface area contributed by atoms with Crippen LogP contribution in [-0.2, 0) is 4.79 Å². The normalized spacial score (nSPS) is 21.7. The lowest BCUT2D eigenvalue weighted by Gasteiger charge is -2.23. The molecule has 1 unspecified atom stereocenters. The third kappa shape index (κ3) is 2.71. The molecule has 1 saturated carbocycles. The van der Waals surface area contributed by atoms with E-state index in [9.17, 15) is 9.18 Å². The van der Waals surface area contributed by atoms with Crippen LogP contribution in [0.2, 0.25) is 0 Å². The fourth-order valence-corrected chi connectivity index (χ4v) is 3.78. The Balaban J connectivity index is 1.53. The van der Waals surface area contributed by atoms with Crippen molar-refractivity contribution in [1.29, 1.82) is 0 Å². The van der Waals surface area contributed by atoms with Crippen LogP contribution in [0, 0.1) is 24.1 Å². The second kappa shape index (κ2) is 5.70. The van der Waals surface area contributed by atoms with Gasteiger partial charge in [0.2, 0.25) is 5.91 Å². The Morgan fingerprint density at radius 3 is 2.75 bits per heavy atom. The molecule has 2 heterocycles. The second-order valence-electron chi connectivity index (χ2n) is 6.92. The van der Waals surface area contributed by atoms with Crippen molar-refractivity contribution in [3.05, 3.63) is 41.8 Å². The van der Waals surface area contributed by atoms with Crippen LogP contribution >= 0.6 is 0 Å². The first-order valence-corrected chi connectivity index (χ1v) is 8.42. The zero-order valence-corrected chi connectivity index (χ0v) is 13.7. The standard InChI is InChI=1S/C18H21FN4O/c1-12-10-16(23(22-12)14-4-2-13(19)3-5-14)21-17(24)15-11-18(15)6-8-20-9-7-18/h2-5,10,15,20H,6-9,11H2,1H3,(H,21,24). The molecule has 1 aliphatic carbocycles. The Morgan fingerprint density at radius 2 is 2.04 bits per heavy atom. The molecule has 1 aliphatic heterocycles. The Morgan fingerprint density at radius 1 is 1.33 bits per heavy atom. The minimum absolute atomic E-state index is 0.0696. The molecular weight excluding hydrogens is 307 g/mol. The average Bonchev–Trinajstić information content (AvgIpc) is 3.14. The lowest BCUT2D eigenvalue weighted by Crippen LogP contribution is -2.31. The van der Waals surface area contributed by atoms with Gasteiger partial charge in [-0.1, -0.05) is 0 Å². The zero-order valence-electron chi connectivity index (χ0n) is 13.7. The number of halogens is 1. The van der Waals surface area contributed by atoms with Crippen molar-refractivity contribution in [2.24, 2.45) is 11.3 Å². The van der Waals surface area contributed by atoms with E-state index in [2.05, 4.69) is 15.7 Å². The summed E-state index contributed by atoms with van der Waals surface area (Å²) in [6, 6.07) is 7.94. The van der Waals surface area contributed by atoms with E-state index >= 15 is 0 Å². The fraction of sp³-hybridized carbons (Fsp3) is 0.444. The van der Waals surface area contributed by atoms with Gasteiger partial charge in [-0.15, -0.1) is 0 Å². The number of carbonyl (C=O) groups excluding carboxylic acids is 1. The predicted molar refractivity (Wildman–Crippen MR) is 89.5 cm³/mol. The molecule has 1 spiro atoms. The van der Waals surface area contributed by atoms with Crippen molar-refractivity contribution in [3.8, 4) is 5.69 Å². The number of carbonyl (C=O) groups is 1. The highest BCUT2D eigenvalue weighted by Gasteiger charge is 2.57. The highest BCUT2D eigenvalue weighted by Crippen LogP contribution is 2.58. The summed E-state index contributed by atoms with van der Waals surface area (Å²) in [5.41, 5.74) is 1.74. The summed E-state index contributed by atoms with van der Waals surface area (Å²) in [6.07, 6.45) is 3.12. The van der Waals surface area contributed by atoms with Crippen molar-refractivity contribution in [2.75, 3.05) is 18.4 Å². The van der Waals surface area contributed by atoms with Gasteiger partial charge in [0, 0.05) is 12.0 Å². The summed E-state index contributed by atoms with van der Waals surface area (Å²) in [5, 5.41) is 10.8. The van der Waals surface area contributed by atoms with E-state index in [1.807, 2.05) is 13.0 Å².